The first kappa shape index (κ1) is 24.0. The topological polar surface area (TPSA) is 125 Å². The van der Waals surface area contributed by atoms with E-state index < -0.39 is 21.8 Å². The standard InChI is InChI=1S/C22H22N4O5S2/c1-26(2)22(29)14-7-9-16(10-8-14)23-20(27)15-11-19(32-13-15)21(28)24-17-5-4-6-18(12-17)25-33(3,30)31/h4-13,25H,1-3H3,(H,23,27)(H,24,28). The van der Waals surface area contributed by atoms with Crippen LogP contribution in [0.2, 0.25) is 0 Å². The lowest BCUT2D eigenvalue weighted by Gasteiger charge is -2.10. The predicted molar refractivity (Wildman–Crippen MR) is 130 cm³/mol. The molecule has 2 aromatic carbocycles. The summed E-state index contributed by atoms with van der Waals surface area (Å²) in [6, 6.07) is 14.3. The monoisotopic (exact) mass is 486 g/mol. The highest BCUT2D eigenvalue weighted by molar-refractivity contribution is 7.92. The fourth-order valence-corrected chi connectivity index (χ4v) is 4.14. The Hall–Kier alpha value is -3.70. The summed E-state index contributed by atoms with van der Waals surface area (Å²) >= 11 is 1.11. The van der Waals surface area contributed by atoms with E-state index in [2.05, 4.69) is 15.4 Å². The van der Waals surface area contributed by atoms with Crippen molar-refractivity contribution >= 4 is 56.1 Å². The minimum atomic E-state index is -3.44. The maximum absolute atomic E-state index is 12.6. The van der Waals surface area contributed by atoms with Gasteiger partial charge in [0.25, 0.3) is 17.7 Å². The zero-order chi connectivity index (χ0) is 24.2. The molecule has 33 heavy (non-hydrogen) atoms. The van der Waals surface area contributed by atoms with E-state index in [-0.39, 0.29) is 5.91 Å². The molecule has 0 radical (unpaired) electrons. The summed E-state index contributed by atoms with van der Waals surface area (Å²) in [5.74, 6) is -0.961. The molecule has 3 amide bonds. The normalized spacial score (nSPS) is 10.9. The number of amides is 3. The first-order valence-corrected chi connectivity index (χ1v) is 12.4. The summed E-state index contributed by atoms with van der Waals surface area (Å²) in [6.45, 7) is 0. The Bertz CT molecular complexity index is 1300. The number of nitrogens with zero attached hydrogens (tertiary/aromatic N) is 1. The van der Waals surface area contributed by atoms with Gasteiger partial charge in [-0.3, -0.25) is 19.1 Å². The quantitative estimate of drug-likeness (QED) is 0.473. The molecule has 0 unspecified atom stereocenters. The summed E-state index contributed by atoms with van der Waals surface area (Å²) in [7, 11) is -0.125. The van der Waals surface area contributed by atoms with Gasteiger partial charge in [-0.1, -0.05) is 6.07 Å². The van der Waals surface area contributed by atoms with Gasteiger partial charge in [-0.2, -0.15) is 0 Å². The molecule has 1 heterocycles. The fourth-order valence-electron chi connectivity index (χ4n) is 2.80. The molecule has 0 atom stereocenters. The molecule has 0 aliphatic heterocycles. The molecule has 0 saturated heterocycles. The molecule has 3 N–H and O–H groups in total. The molecule has 0 fully saturated rings. The van der Waals surface area contributed by atoms with Crippen molar-refractivity contribution in [2.24, 2.45) is 0 Å². The van der Waals surface area contributed by atoms with Gasteiger partial charge in [0.15, 0.2) is 0 Å². The lowest BCUT2D eigenvalue weighted by molar-refractivity contribution is 0.0827. The van der Waals surface area contributed by atoms with Gasteiger partial charge in [-0.15, -0.1) is 11.3 Å². The van der Waals surface area contributed by atoms with Gasteiger partial charge in [-0.25, -0.2) is 8.42 Å². The number of rotatable bonds is 7. The van der Waals surface area contributed by atoms with Crippen LogP contribution in [0.25, 0.3) is 0 Å². The lowest BCUT2D eigenvalue weighted by atomic mass is 10.2. The molecule has 0 aliphatic carbocycles. The molecule has 11 heteroatoms. The number of hydrogen-bond donors (Lipinski definition) is 3. The molecular formula is C22H22N4O5S2. The van der Waals surface area contributed by atoms with Gasteiger partial charge in [0.2, 0.25) is 10.0 Å². The summed E-state index contributed by atoms with van der Waals surface area (Å²) in [6.07, 6.45) is 1.04. The van der Waals surface area contributed by atoms with E-state index in [1.165, 1.54) is 17.0 Å². The van der Waals surface area contributed by atoms with E-state index in [1.54, 1.807) is 61.9 Å². The van der Waals surface area contributed by atoms with Crippen molar-refractivity contribution in [3.8, 4) is 0 Å². The van der Waals surface area contributed by atoms with Crippen molar-refractivity contribution in [2.45, 2.75) is 0 Å². The number of benzene rings is 2. The highest BCUT2D eigenvalue weighted by atomic mass is 32.2. The molecule has 1 aromatic heterocycles. The van der Waals surface area contributed by atoms with Gasteiger partial charge >= 0.3 is 0 Å². The second-order valence-corrected chi connectivity index (χ2v) is 10.00. The van der Waals surface area contributed by atoms with E-state index in [9.17, 15) is 22.8 Å². The largest absolute Gasteiger partial charge is 0.345 e. The Morgan fingerprint density at radius 3 is 2.09 bits per heavy atom. The third-order valence-corrected chi connectivity index (χ3v) is 5.84. The van der Waals surface area contributed by atoms with Crippen LogP contribution in [0.1, 0.15) is 30.4 Å². The number of hydrogen-bond acceptors (Lipinski definition) is 6. The van der Waals surface area contributed by atoms with Crippen molar-refractivity contribution < 1.29 is 22.8 Å². The Morgan fingerprint density at radius 1 is 0.818 bits per heavy atom. The summed E-state index contributed by atoms with van der Waals surface area (Å²) in [5, 5.41) is 6.98. The maximum atomic E-state index is 12.6. The van der Waals surface area contributed by atoms with Crippen LogP contribution in [0.3, 0.4) is 0 Å². The van der Waals surface area contributed by atoms with Crippen LogP contribution < -0.4 is 15.4 Å². The Kier molecular flexibility index (Phi) is 7.14. The Balaban J connectivity index is 1.64. The van der Waals surface area contributed by atoms with Crippen molar-refractivity contribution in [2.75, 3.05) is 35.7 Å². The summed E-state index contributed by atoms with van der Waals surface area (Å²) < 4.78 is 25.1. The molecule has 3 aromatic rings. The maximum Gasteiger partial charge on any atom is 0.265 e. The van der Waals surface area contributed by atoms with Gasteiger partial charge in [0.1, 0.15) is 0 Å². The van der Waals surface area contributed by atoms with Crippen molar-refractivity contribution in [1.29, 1.82) is 0 Å². The first-order chi connectivity index (χ1) is 15.5. The average molecular weight is 487 g/mol. The third kappa shape index (κ3) is 6.64. The summed E-state index contributed by atoms with van der Waals surface area (Å²) in [5.41, 5.74) is 2.05. The number of sulfonamides is 1. The second kappa shape index (κ2) is 9.84. The van der Waals surface area contributed by atoms with Gasteiger partial charge in [-0.05, 0) is 48.5 Å². The molecule has 172 valence electrons. The Labute approximate surface area is 195 Å². The summed E-state index contributed by atoms with van der Waals surface area (Å²) in [4.78, 5) is 38.8. The Morgan fingerprint density at radius 2 is 1.45 bits per heavy atom. The fraction of sp³-hybridized carbons (Fsp3) is 0.136. The van der Waals surface area contributed by atoms with Crippen LogP contribution in [0, 0.1) is 0 Å². The second-order valence-electron chi connectivity index (χ2n) is 7.34. The zero-order valence-electron chi connectivity index (χ0n) is 18.1. The van der Waals surface area contributed by atoms with Crippen LogP contribution >= 0.6 is 11.3 Å². The number of carbonyl (C=O) groups is 3. The van der Waals surface area contributed by atoms with Crippen molar-refractivity contribution in [3.63, 3.8) is 0 Å². The highest BCUT2D eigenvalue weighted by Crippen LogP contribution is 2.21. The van der Waals surface area contributed by atoms with Gasteiger partial charge < -0.3 is 15.5 Å². The van der Waals surface area contributed by atoms with Crippen LogP contribution in [0.15, 0.2) is 60.0 Å². The molecule has 0 bridgehead atoms. The van der Waals surface area contributed by atoms with Crippen molar-refractivity contribution in [1.82, 2.24) is 4.90 Å². The molecular weight excluding hydrogens is 464 g/mol. The van der Waals surface area contributed by atoms with Crippen LogP contribution in [0.5, 0.6) is 0 Å². The van der Waals surface area contributed by atoms with E-state index in [1.807, 2.05) is 0 Å². The molecule has 0 aliphatic rings. The third-order valence-electron chi connectivity index (χ3n) is 4.31. The lowest BCUT2D eigenvalue weighted by Crippen LogP contribution is -2.21. The number of thiophene rings is 1. The highest BCUT2D eigenvalue weighted by Gasteiger charge is 2.15. The average Bonchev–Trinajstić information content (AvgIpc) is 3.23. The number of carbonyl (C=O) groups excluding carboxylic acids is 3. The predicted octanol–water partition coefficient (Wildman–Crippen LogP) is 3.33. The van der Waals surface area contributed by atoms with Crippen LogP contribution in [0.4, 0.5) is 17.1 Å². The van der Waals surface area contributed by atoms with Crippen molar-refractivity contribution in [3.05, 3.63) is 76.0 Å². The SMILES string of the molecule is CN(C)C(=O)c1ccc(NC(=O)c2csc(C(=O)Nc3cccc(NS(C)(=O)=O)c3)c2)cc1. The van der Waals surface area contributed by atoms with Crippen LogP contribution in [-0.4, -0.2) is 51.4 Å². The minimum absolute atomic E-state index is 0.140. The van der Waals surface area contributed by atoms with Crippen LogP contribution in [-0.2, 0) is 10.0 Å². The van der Waals surface area contributed by atoms with Gasteiger partial charge in [0, 0.05) is 36.4 Å². The van der Waals surface area contributed by atoms with E-state index >= 15 is 0 Å². The zero-order valence-corrected chi connectivity index (χ0v) is 19.7. The molecule has 0 spiro atoms. The first-order valence-electron chi connectivity index (χ1n) is 9.62. The molecule has 9 nitrogen and oxygen atoms in total. The number of anilines is 3. The number of nitrogens with one attached hydrogen (secondary N) is 3. The van der Waals surface area contributed by atoms with Gasteiger partial charge in [0.05, 0.1) is 22.4 Å². The van der Waals surface area contributed by atoms with E-state index in [4.69, 9.17) is 0 Å². The minimum Gasteiger partial charge on any atom is -0.345 e. The molecule has 0 saturated carbocycles. The van der Waals surface area contributed by atoms with E-state index in [0.717, 1.165) is 17.6 Å². The molecule has 3 rings (SSSR count). The smallest absolute Gasteiger partial charge is 0.265 e. The van der Waals surface area contributed by atoms with E-state index in [0.29, 0.717) is 33.1 Å².